The fourth-order valence-electron chi connectivity index (χ4n) is 2.14. The molecule has 86 valence electrons. The van der Waals surface area contributed by atoms with Gasteiger partial charge in [-0.1, -0.05) is 12.7 Å². The molecule has 0 spiro atoms. The maximum atomic E-state index is 9.86. The van der Waals surface area contributed by atoms with Crippen molar-refractivity contribution in [1.29, 1.82) is 0 Å². The van der Waals surface area contributed by atoms with E-state index >= 15 is 0 Å². The monoisotopic (exact) mass is 219 g/mol. The van der Waals surface area contributed by atoms with Crippen molar-refractivity contribution in [2.75, 3.05) is 6.61 Å². The van der Waals surface area contributed by atoms with E-state index in [-0.39, 0.29) is 0 Å². The Morgan fingerprint density at radius 2 is 2.50 bits per heavy atom. The van der Waals surface area contributed by atoms with Crippen LogP contribution >= 0.6 is 0 Å². The summed E-state index contributed by atoms with van der Waals surface area (Å²) in [5.41, 5.74) is 2.88. The smallest absolute Gasteiger partial charge is 0.129 e. The number of ether oxygens (including phenoxy) is 1. The van der Waals surface area contributed by atoms with E-state index in [2.05, 4.69) is 11.6 Å². The molecule has 1 heterocycles. The van der Waals surface area contributed by atoms with E-state index in [1.807, 2.05) is 6.92 Å². The number of pyridine rings is 1. The second kappa shape index (κ2) is 4.66. The highest BCUT2D eigenvalue weighted by Crippen LogP contribution is 2.35. The van der Waals surface area contributed by atoms with Crippen LogP contribution in [0.2, 0.25) is 0 Å². The van der Waals surface area contributed by atoms with E-state index in [0.717, 1.165) is 41.8 Å². The molecule has 1 aromatic rings. The standard InChI is InChI=1S/C13H17NO2/c1-3-7-16-13-9(2)8-14-12-10(13)5-4-6-11(12)15/h3,8,11,15H,1,4-7H2,2H3. The first-order chi connectivity index (χ1) is 7.74. The van der Waals surface area contributed by atoms with Crippen molar-refractivity contribution in [3.63, 3.8) is 0 Å². The van der Waals surface area contributed by atoms with Crippen LogP contribution in [-0.4, -0.2) is 16.7 Å². The van der Waals surface area contributed by atoms with Crippen LogP contribution in [0.3, 0.4) is 0 Å². The Labute approximate surface area is 95.8 Å². The number of hydrogen-bond acceptors (Lipinski definition) is 3. The van der Waals surface area contributed by atoms with Crippen LogP contribution in [0.25, 0.3) is 0 Å². The lowest BCUT2D eigenvalue weighted by Crippen LogP contribution is -2.14. The van der Waals surface area contributed by atoms with E-state index in [1.54, 1.807) is 12.3 Å². The molecule has 0 aliphatic heterocycles. The number of rotatable bonds is 3. The first kappa shape index (κ1) is 11.1. The van der Waals surface area contributed by atoms with Gasteiger partial charge in [0.25, 0.3) is 0 Å². The third kappa shape index (κ3) is 1.95. The summed E-state index contributed by atoms with van der Waals surface area (Å²) >= 11 is 0. The molecule has 0 bridgehead atoms. The summed E-state index contributed by atoms with van der Waals surface area (Å²) in [4.78, 5) is 4.31. The molecule has 1 N–H and O–H groups in total. The molecule has 1 aliphatic carbocycles. The highest BCUT2D eigenvalue weighted by atomic mass is 16.5. The van der Waals surface area contributed by atoms with Gasteiger partial charge in [0.1, 0.15) is 12.4 Å². The Hall–Kier alpha value is -1.35. The van der Waals surface area contributed by atoms with Crippen molar-refractivity contribution in [2.45, 2.75) is 32.3 Å². The number of nitrogens with zero attached hydrogens (tertiary/aromatic N) is 1. The van der Waals surface area contributed by atoms with Crippen LogP contribution in [-0.2, 0) is 6.42 Å². The highest BCUT2D eigenvalue weighted by molar-refractivity contribution is 5.44. The topological polar surface area (TPSA) is 42.4 Å². The van der Waals surface area contributed by atoms with Gasteiger partial charge in [0.15, 0.2) is 0 Å². The van der Waals surface area contributed by atoms with Crippen LogP contribution in [0, 0.1) is 6.92 Å². The number of aliphatic hydroxyl groups is 1. The molecule has 0 fully saturated rings. The first-order valence-corrected chi connectivity index (χ1v) is 5.64. The predicted octanol–water partition coefficient (Wildman–Crippen LogP) is 2.32. The fraction of sp³-hybridized carbons (Fsp3) is 0.462. The molecule has 3 nitrogen and oxygen atoms in total. The summed E-state index contributed by atoms with van der Waals surface area (Å²) in [6.07, 6.45) is 5.79. The molecule has 1 atom stereocenters. The van der Waals surface area contributed by atoms with Crippen molar-refractivity contribution >= 4 is 0 Å². The number of fused-ring (bicyclic) bond motifs is 1. The van der Waals surface area contributed by atoms with Gasteiger partial charge in [0.2, 0.25) is 0 Å². The minimum atomic E-state index is -0.435. The van der Waals surface area contributed by atoms with Crippen LogP contribution in [0.15, 0.2) is 18.9 Å². The van der Waals surface area contributed by atoms with E-state index < -0.39 is 6.10 Å². The summed E-state index contributed by atoms with van der Waals surface area (Å²) in [6, 6.07) is 0. The van der Waals surface area contributed by atoms with E-state index in [4.69, 9.17) is 4.74 Å². The van der Waals surface area contributed by atoms with Gasteiger partial charge in [0.05, 0.1) is 11.8 Å². The molecule has 1 unspecified atom stereocenters. The Morgan fingerprint density at radius 3 is 3.25 bits per heavy atom. The predicted molar refractivity (Wildman–Crippen MR) is 62.6 cm³/mol. The molecule has 0 radical (unpaired) electrons. The summed E-state index contributed by atoms with van der Waals surface area (Å²) in [5, 5.41) is 9.86. The molecular weight excluding hydrogens is 202 g/mol. The third-order valence-corrected chi connectivity index (χ3v) is 2.90. The van der Waals surface area contributed by atoms with E-state index in [1.165, 1.54) is 0 Å². The number of aryl methyl sites for hydroxylation is 1. The molecule has 0 amide bonds. The minimum absolute atomic E-state index is 0.435. The van der Waals surface area contributed by atoms with Crippen molar-refractivity contribution < 1.29 is 9.84 Å². The van der Waals surface area contributed by atoms with Crippen LogP contribution in [0.4, 0.5) is 0 Å². The molecule has 1 aliphatic rings. The quantitative estimate of drug-likeness (QED) is 0.793. The zero-order valence-electron chi connectivity index (χ0n) is 9.57. The van der Waals surface area contributed by atoms with Gasteiger partial charge in [-0.2, -0.15) is 0 Å². The number of aromatic nitrogens is 1. The molecule has 1 aromatic heterocycles. The average molecular weight is 219 g/mol. The van der Waals surface area contributed by atoms with Gasteiger partial charge in [-0.15, -0.1) is 0 Å². The van der Waals surface area contributed by atoms with Crippen LogP contribution in [0.5, 0.6) is 5.75 Å². The van der Waals surface area contributed by atoms with Crippen molar-refractivity contribution in [2.24, 2.45) is 0 Å². The second-order valence-electron chi connectivity index (χ2n) is 4.14. The lowest BCUT2D eigenvalue weighted by molar-refractivity contribution is 0.150. The molecule has 0 aromatic carbocycles. The lowest BCUT2D eigenvalue weighted by atomic mass is 9.92. The van der Waals surface area contributed by atoms with Crippen LogP contribution < -0.4 is 4.74 Å². The number of hydrogen-bond donors (Lipinski definition) is 1. The summed E-state index contributed by atoms with van der Waals surface area (Å²) in [5.74, 6) is 0.878. The molecule has 3 heteroatoms. The van der Waals surface area contributed by atoms with Crippen molar-refractivity contribution in [3.05, 3.63) is 35.7 Å². The summed E-state index contributed by atoms with van der Waals surface area (Å²) < 4.78 is 5.66. The average Bonchev–Trinajstić information content (AvgIpc) is 2.28. The zero-order valence-corrected chi connectivity index (χ0v) is 9.57. The molecular formula is C13H17NO2. The normalized spacial score (nSPS) is 19.0. The maximum absolute atomic E-state index is 9.86. The highest BCUT2D eigenvalue weighted by Gasteiger charge is 2.23. The molecule has 16 heavy (non-hydrogen) atoms. The van der Waals surface area contributed by atoms with E-state index in [9.17, 15) is 5.11 Å². The zero-order chi connectivity index (χ0) is 11.5. The Bertz CT molecular complexity index is 401. The molecule has 2 rings (SSSR count). The van der Waals surface area contributed by atoms with E-state index in [0.29, 0.717) is 6.61 Å². The van der Waals surface area contributed by atoms with Gasteiger partial charge in [0, 0.05) is 17.3 Å². The molecule has 0 saturated heterocycles. The SMILES string of the molecule is C=CCOc1c(C)cnc2c1CCCC2O. The van der Waals surface area contributed by atoms with Gasteiger partial charge in [-0.05, 0) is 26.2 Å². The second-order valence-corrected chi connectivity index (χ2v) is 4.14. The summed E-state index contributed by atoms with van der Waals surface area (Å²) in [7, 11) is 0. The summed E-state index contributed by atoms with van der Waals surface area (Å²) in [6.45, 7) is 6.11. The Morgan fingerprint density at radius 1 is 1.69 bits per heavy atom. The largest absolute Gasteiger partial charge is 0.489 e. The Balaban J connectivity index is 2.41. The number of aliphatic hydroxyl groups excluding tert-OH is 1. The maximum Gasteiger partial charge on any atom is 0.129 e. The van der Waals surface area contributed by atoms with Gasteiger partial charge >= 0.3 is 0 Å². The molecule has 0 saturated carbocycles. The van der Waals surface area contributed by atoms with Crippen LogP contribution in [0.1, 0.15) is 35.8 Å². The van der Waals surface area contributed by atoms with Gasteiger partial charge in [-0.3, -0.25) is 4.98 Å². The lowest BCUT2D eigenvalue weighted by Gasteiger charge is -2.23. The van der Waals surface area contributed by atoms with Gasteiger partial charge in [-0.25, -0.2) is 0 Å². The van der Waals surface area contributed by atoms with Crippen molar-refractivity contribution in [1.82, 2.24) is 4.98 Å². The Kier molecular flexibility index (Phi) is 3.25. The fourth-order valence-corrected chi connectivity index (χ4v) is 2.14. The van der Waals surface area contributed by atoms with Crippen molar-refractivity contribution in [3.8, 4) is 5.75 Å². The minimum Gasteiger partial charge on any atom is -0.489 e. The first-order valence-electron chi connectivity index (χ1n) is 5.64. The van der Waals surface area contributed by atoms with Gasteiger partial charge < -0.3 is 9.84 Å². The third-order valence-electron chi connectivity index (χ3n) is 2.90.